The maximum absolute atomic E-state index is 12.5. The molecule has 0 saturated carbocycles. The summed E-state index contributed by atoms with van der Waals surface area (Å²) in [5.41, 5.74) is 2.48. The Hall–Kier alpha value is -2.76. The number of hydrogen-bond acceptors (Lipinski definition) is 4. The van der Waals surface area contributed by atoms with Gasteiger partial charge in [0.2, 0.25) is 0 Å². The van der Waals surface area contributed by atoms with Crippen LogP contribution in [0, 0.1) is 6.92 Å². The van der Waals surface area contributed by atoms with Crippen LogP contribution in [0.4, 0.5) is 5.69 Å². The highest BCUT2D eigenvalue weighted by molar-refractivity contribution is 8.18. The average Bonchev–Trinajstić information content (AvgIpc) is 3.04. The average molecular weight is 409 g/mol. The van der Waals surface area contributed by atoms with Crippen molar-refractivity contribution in [3.63, 3.8) is 0 Å². The van der Waals surface area contributed by atoms with Crippen molar-refractivity contribution in [1.29, 1.82) is 0 Å². The van der Waals surface area contributed by atoms with Crippen LogP contribution in [0.1, 0.15) is 11.1 Å². The van der Waals surface area contributed by atoms with E-state index in [-0.39, 0.29) is 5.91 Å². The van der Waals surface area contributed by atoms with Gasteiger partial charge in [-0.2, -0.15) is 0 Å². The second-order valence-electron chi connectivity index (χ2n) is 6.27. The fourth-order valence-electron chi connectivity index (χ4n) is 3.04. The predicted octanol–water partition coefficient (Wildman–Crippen LogP) is 5.70. The first-order valence-corrected chi connectivity index (χ1v) is 9.86. The lowest BCUT2D eigenvalue weighted by Crippen LogP contribution is -2.19. The van der Waals surface area contributed by atoms with E-state index in [1.807, 2.05) is 67.6 Å². The Labute approximate surface area is 172 Å². The maximum Gasteiger partial charge on any atom is 0.264 e. The van der Waals surface area contributed by atoms with E-state index < -0.39 is 0 Å². The summed E-state index contributed by atoms with van der Waals surface area (Å²) in [6.07, 6.45) is 1.86. The second kappa shape index (κ2) is 7.70. The van der Waals surface area contributed by atoms with Gasteiger partial charge in [0, 0.05) is 10.6 Å². The molecule has 0 radical (unpaired) electrons. The van der Waals surface area contributed by atoms with E-state index >= 15 is 0 Å². The normalized spacial score (nSPS) is 16.8. The van der Waals surface area contributed by atoms with E-state index in [2.05, 4.69) is 10.3 Å². The Morgan fingerprint density at radius 2 is 1.93 bits per heavy atom. The first kappa shape index (κ1) is 18.6. The summed E-state index contributed by atoms with van der Waals surface area (Å²) in [7, 11) is 1.63. The van der Waals surface area contributed by atoms with Crippen LogP contribution < -0.4 is 10.1 Å². The Bertz CT molecular complexity index is 1150. The van der Waals surface area contributed by atoms with Gasteiger partial charge in [0.05, 0.1) is 17.7 Å². The van der Waals surface area contributed by atoms with Gasteiger partial charge in [-0.15, -0.1) is 0 Å². The van der Waals surface area contributed by atoms with Gasteiger partial charge in [-0.25, -0.2) is 4.99 Å². The highest BCUT2D eigenvalue weighted by Crippen LogP contribution is 2.35. The fourth-order valence-corrected chi connectivity index (χ4v) is 4.03. The van der Waals surface area contributed by atoms with Gasteiger partial charge in [0.15, 0.2) is 5.17 Å². The maximum atomic E-state index is 12.5. The van der Waals surface area contributed by atoms with Crippen LogP contribution in [-0.2, 0) is 4.79 Å². The highest BCUT2D eigenvalue weighted by atomic mass is 35.5. The summed E-state index contributed by atoms with van der Waals surface area (Å²) in [6.45, 7) is 1.90. The fraction of sp³-hybridized carbons (Fsp3) is 0.0909. The van der Waals surface area contributed by atoms with Crippen molar-refractivity contribution in [2.45, 2.75) is 6.92 Å². The molecule has 1 N–H and O–H groups in total. The second-order valence-corrected chi connectivity index (χ2v) is 7.71. The molecule has 0 atom stereocenters. The number of nitrogens with one attached hydrogen (secondary N) is 1. The van der Waals surface area contributed by atoms with E-state index in [1.165, 1.54) is 11.8 Å². The smallest absolute Gasteiger partial charge is 0.264 e. The van der Waals surface area contributed by atoms with Crippen LogP contribution in [0.25, 0.3) is 16.8 Å². The molecule has 1 aliphatic rings. The van der Waals surface area contributed by atoms with E-state index in [0.29, 0.717) is 15.1 Å². The summed E-state index contributed by atoms with van der Waals surface area (Å²) >= 11 is 7.47. The molecule has 0 aromatic heterocycles. The molecule has 6 heteroatoms. The molecule has 0 spiro atoms. The quantitative estimate of drug-likeness (QED) is 0.565. The molecule has 140 valence electrons. The third-order valence-corrected chi connectivity index (χ3v) is 5.86. The number of thioether (sulfide) groups is 1. The Balaban J connectivity index is 1.74. The minimum absolute atomic E-state index is 0.182. The van der Waals surface area contributed by atoms with Gasteiger partial charge in [-0.1, -0.05) is 48.0 Å². The number of nitrogens with zero attached hydrogens (tertiary/aromatic N) is 1. The first-order chi connectivity index (χ1) is 13.6. The number of amides is 1. The predicted molar refractivity (Wildman–Crippen MR) is 117 cm³/mol. The number of methoxy groups -OCH3 is 1. The zero-order valence-electron chi connectivity index (χ0n) is 15.3. The summed E-state index contributed by atoms with van der Waals surface area (Å²) in [6, 6.07) is 17.5. The van der Waals surface area contributed by atoms with Crippen LogP contribution >= 0.6 is 23.4 Å². The highest BCUT2D eigenvalue weighted by Gasteiger charge is 2.25. The molecular weight excluding hydrogens is 392 g/mol. The molecule has 0 unspecified atom stereocenters. The third kappa shape index (κ3) is 3.51. The number of fused-ring (bicyclic) bond motifs is 1. The Kier molecular flexibility index (Phi) is 5.11. The van der Waals surface area contributed by atoms with Gasteiger partial charge >= 0.3 is 0 Å². The molecule has 1 saturated heterocycles. The largest absolute Gasteiger partial charge is 0.496 e. The molecular formula is C22H17ClN2O2S. The Morgan fingerprint density at radius 3 is 2.75 bits per heavy atom. The van der Waals surface area contributed by atoms with Gasteiger partial charge in [-0.3, -0.25) is 4.79 Å². The van der Waals surface area contributed by atoms with Gasteiger partial charge in [0.1, 0.15) is 5.75 Å². The summed E-state index contributed by atoms with van der Waals surface area (Å²) in [4.78, 5) is 17.6. The summed E-state index contributed by atoms with van der Waals surface area (Å²) in [5, 5.41) is 6.11. The minimum atomic E-state index is -0.182. The molecule has 0 aliphatic carbocycles. The van der Waals surface area contributed by atoms with E-state index in [0.717, 1.165) is 33.3 Å². The van der Waals surface area contributed by atoms with Gasteiger partial charge < -0.3 is 10.1 Å². The number of amidine groups is 1. The van der Waals surface area contributed by atoms with Crippen LogP contribution in [0.3, 0.4) is 0 Å². The summed E-state index contributed by atoms with van der Waals surface area (Å²) < 4.78 is 5.52. The lowest BCUT2D eigenvalue weighted by atomic mass is 10.0. The van der Waals surface area contributed by atoms with Crippen molar-refractivity contribution >= 4 is 57.0 Å². The molecule has 1 aliphatic heterocycles. The zero-order valence-corrected chi connectivity index (χ0v) is 16.9. The SMILES string of the molecule is COc1ccc2ccccc2c1/C=C1\SC(=Nc2cccc(Cl)c2C)NC1=O. The van der Waals surface area contributed by atoms with Crippen molar-refractivity contribution in [2.75, 3.05) is 7.11 Å². The summed E-state index contributed by atoms with van der Waals surface area (Å²) in [5.74, 6) is 0.536. The zero-order chi connectivity index (χ0) is 19.7. The number of halogens is 1. The van der Waals surface area contributed by atoms with Crippen molar-refractivity contribution in [1.82, 2.24) is 5.32 Å². The molecule has 0 bridgehead atoms. The third-order valence-electron chi connectivity index (χ3n) is 4.54. The van der Waals surface area contributed by atoms with Crippen molar-refractivity contribution in [2.24, 2.45) is 4.99 Å². The molecule has 4 nitrogen and oxygen atoms in total. The number of ether oxygens (including phenoxy) is 1. The van der Waals surface area contributed by atoms with E-state index in [4.69, 9.17) is 16.3 Å². The van der Waals surface area contributed by atoms with Gasteiger partial charge in [-0.05, 0) is 59.3 Å². The molecule has 1 fully saturated rings. The molecule has 1 amide bonds. The molecule has 1 heterocycles. The number of rotatable bonds is 3. The minimum Gasteiger partial charge on any atom is -0.496 e. The van der Waals surface area contributed by atoms with Crippen molar-refractivity contribution in [3.05, 3.63) is 75.7 Å². The monoisotopic (exact) mass is 408 g/mol. The van der Waals surface area contributed by atoms with Crippen molar-refractivity contribution in [3.8, 4) is 5.75 Å². The van der Waals surface area contributed by atoms with E-state index in [1.54, 1.807) is 7.11 Å². The number of carbonyl (C=O) groups excluding carboxylic acids is 1. The topological polar surface area (TPSA) is 50.7 Å². The van der Waals surface area contributed by atoms with Crippen LogP contribution in [0.15, 0.2) is 64.5 Å². The van der Waals surface area contributed by atoms with Crippen LogP contribution in [-0.4, -0.2) is 18.2 Å². The lowest BCUT2D eigenvalue weighted by molar-refractivity contribution is -0.115. The first-order valence-electron chi connectivity index (χ1n) is 8.67. The van der Waals surface area contributed by atoms with E-state index in [9.17, 15) is 4.79 Å². The molecule has 28 heavy (non-hydrogen) atoms. The molecule has 3 aromatic carbocycles. The molecule has 3 aromatic rings. The standard InChI is InChI=1S/C22H17ClN2O2S/c1-13-17(23)8-5-9-18(13)24-22-25-21(26)20(28-22)12-16-15-7-4-3-6-14(15)10-11-19(16)27-2/h3-12H,1-2H3,(H,24,25,26)/b20-12-. The molecule has 4 rings (SSSR count). The lowest BCUT2D eigenvalue weighted by Gasteiger charge is -2.09. The van der Waals surface area contributed by atoms with Crippen LogP contribution in [0.5, 0.6) is 5.75 Å². The van der Waals surface area contributed by atoms with Gasteiger partial charge in [0.25, 0.3) is 5.91 Å². The van der Waals surface area contributed by atoms with Crippen molar-refractivity contribution < 1.29 is 9.53 Å². The Morgan fingerprint density at radius 1 is 1.11 bits per heavy atom. The van der Waals surface area contributed by atoms with Crippen LogP contribution in [0.2, 0.25) is 5.02 Å². The number of hydrogen-bond donors (Lipinski definition) is 1. The number of aliphatic imine (C=N–C) groups is 1. The number of carbonyl (C=O) groups is 1. The number of benzene rings is 3.